The summed E-state index contributed by atoms with van der Waals surface area (Å²) in [6, 6.07) is 4.20. The third-order valence-corrected chi connectivity index (χ3v) is 2.92. The molecule has 21 heavy (non-hydrogen) atoms. The molecule has 7 heteroatoms. The van der Waals surface area contributed by atoms with E-state index in [0.717, 1.165) is 5.82 Å². The van der Waals surface area contributed by atoms with Crippen molar-refractivity contribution in [1.82, 2.24) is 9.55 Å². The maximum Gasteiger partial charge on any atom is 0.341 e. The Balaban J connectivity index is 2.06. The van der Waals surface area contributed by atoms with E-state index in [1.165, 1.54) is 25.3 Å². The van der Waals surface area contributed by atoms with Crippen LogP contribution in [0.4, 0.5) is 5.69 Å². The van der Waals surface area contributed by atoms with Gasteiger partial charge in [0.05, 0.1) is 7.11 Å². The van der Waals surface area contributed by atoms with Gasteiger partial charge in [-0.1, -0.05) is 0 Å². The van der Waals surface area contributed by atoms with Crippen LogP contribution in [0.15, 0.2) is 30.6 Å². The van der Waals surface area contributed by atoms with Gasteiger partial charge in [0.2, 0.25) is 5.91 Å². The van der Waals surface area contributed by atoms with E-state index in [0.29, 0.717) is 5.69 Å². The third-order valence-electron chi connectivity index (χ3n) is 2.92. The average Bonchev–Trinajstić information content (AvgIpc) is 2.83. The minimum absolute atomic E-state index is 0.0425. The maximum atomic E-state index is 11.9. The van der Waals surface area contributed by atoms with E-state index in [1.54, 1.807) is 23.9 Å². The minimum atomic E-state index is -0.639. The van der Waals surface area contributed by atoms with Crippen molar-refractivity contribution in [1.29, 1.82) is 0 Å². The molecule has 0 atom stereocenters. The van der Waals surface area contributed by atoms with Crippen molar-refractivity contribution in [2.24, 2.45) is 0 Å². The van der Waals surface area contributed by atoms with Crippen LogP contribution >= 0.6 is 0 Å². The van der Waals surface area contributed by atoms with Crippen molar-refractivity contribution in [2.45, 2.75) is 13.5 Å². The molecule has 0 fully saturated rings. The molecule has 2 aromatic rings. The molecular formula is C14H15N3O4. The average molecular weight is 289 g/mol. The fourth-order valence-electron chi connectivity index (χ4n) is 1.82. The summed E-state index contributed by atoms with van der Waals surface area (Å²) in [6.07, 6.45) is 3.31. The Morgan fingerprint density at radius 2 is 2.19 bits per heavy atom. The van der Waals surface area contributed by atoms with Crippen LogP contribution in [0.2, 0.25) is 0 Å². The van der Waals surface area contributed by atoms with Crippen LogP contribution in [0.3, 0.4) is 0 Å². The van der Waals surface area contributed by atoms with Crippen LogP contribution in [-0.4, -0.2) is 33.6 Å². The van der Waals surface area contributed by atoms with Gasteiger partial charge in [0.15, 0.2) is 0 Å². The maximum absolute atomic E-state index is 11.9. The lowest BCUT2D eigenvalue weighted by Crippen LogP contribution is -2.19. The number of phenols is 1. The number of hydrogen-bond acceptors (Lipinski definition) is 5. The molecule has 0 aliphatic rings. The topological polar surface area (TPSA) is 93.5 Å². The van der Waals surface area contributed by atoms with Gasteiger partial charge >= 0.3 is 5.97 Å². The van der Waals surface area contributed by atoms with Crippen LogP contribution < -0.4 is 5.32 Å². The molecule has 2 rings (SSSR count). The Labute approximate surface area is 121 Å². The van der Waals surface area contributed by atoms with E-state index >= 15 is 0 Å². The van der Waals surface area contributed by atoms with Crippen molar-refractivity contribution >= 4 is 17.6 Å². The highest BCUT2D eigenvalue weighted by atomic mass is 16.5. The molecule has 1 amide bonds. The first-order chi connectivity index (χ1) is 10.0. The molecule has 0 unspecified atom stereocenters. The van der Waals surface area contributed by atoms with Gasteiger partial charge < -0.3 is 19.7 Å². The number of methoxy groups -OCH3 is 1. The number of amides is 1. The van der Waals surface area contributed by atoms with Gasteiger partial charge in [-0.15, -0.1) is 0 Å². The highest BCUT2D eigenvalue weighted by Gasteiger charge is 2.13. The predicted molar refractivity (Wildman–Crippen MR) is 75.0 cm³/mol. The fraction of sp³-hybridized carbons (Fsp3) is 0.214. The Hall–Kier alpha value is -2.83. The zero-order valence-corrected chi connectivity index (χ0v) is 11.7. The van der Waals surface area contributed by atoms with Crippen molar-refractivity contribution in [2.75, 3.05) is 12.4 Å². The second-order valence-corrected chi connectivity index (χ2v) is 4.37. The molecule has 0 aliphatic carbocycles. The lowest BCUT2D eigenvalue weighted by molar-refractivity contribution is -0.116. The molecular weight excluding hydrogens is 274 g/mol. The van der Waals surface area contributed by atoms with Crippen molar-refractivity contribution in [3.05, 3.63) is 42.0 Å². The largest absolute Gasteiger partial charge is 0.507 e. The second kappa shape index (κ2) is 6.08. The summed E-state index contributed by atoms with van der Waals surface area (Å²) < 4.78 is 6.22. The number of phenolic OH excluding ortho intramolecular Hbond substituents is 1. The normalized spacial score (nSPS) is 10.2. The molecule has 0 aliphatic heterocycles. The fourth-order valence-corrected chi connectivity index (χ4v) is 1.82. The summed E-state index contributed by atoms with van der Waals surface area (Å²) in [4.78, 5) is 27.2. The summed E-state index contributed by atoms with van der Waals surface area (Å²) in [5.74, 6) is -0.423. The Morgan fingerprint density at radius 1 is 1.43 bits per heavy atom. The standard InChI is InChI=1S/C14H15N3O4/c1-9-15-5-6-17(9)8-13(19)16-10-3-4-11(12(18)7-10)14(20)21-2/h3-7,18H,8H2,1-2H3,(H,16,19). The number of nitrogens with one attached hydrogen (secondary N) is 1. The summed E-state index contributed by atoms with van der Waals surface area (Å²) in [7, 11) is 1.23. The van der Waals surface area contributed by atoms with Crippen LogP contribution in [0.5, 0.6) is 5.75 Å². The highest BCUT2D eigenvalue weighted by molar-refractivity contribution is 5.95. The number of aromatic hydroxyl groups is 1. The van der Waals surface area contributed by atoms with E-state index in [-0.39, 0.29) is 23.8 Å². The molecule has 0 radical (unpaired) electrons. The first-order valence-electron chi connectivity index (χ1n) is 6.20. The first kappa shape index (κ1) is 14.6. The number of aryl methyl sites for hydroxylation is 1. The van der Waals surface area contributed by atoms with Crippen LogP contribution in [0.25, 0.3) is 0 Å². The molecule has 1 aromatic heterocycles. The van der Waals surface area contributed by atoms with Gasteiger partial charge in [-0.3, -0.25) is 4.79 Å². The van der Waals surface area contributed by atoms with Crippen LogP contribution in [-0.2, 0) is 16.1 Å². The number of imidazole rings is 1. The molecule has 7 nitrogen and oxygen atoms in total. The van der Waals surface area contributed by atoms with Gasteiger partial charge in [0.25, 0.3) is 0 Å². The number of esters is 1. The number of hydrogen-bond donors (Lipinski definition) is 2. The number of nitrogens with zero attached hydrogens (tertiary/aromatic N) is 2. The SMILES string of the molecule is COC(=O)c1ccc(NC(=O)Cn2ccnc2C)cc1O. The summed E-state index contributed by atoms with van der Waals surface area (Å²) in [5, 5.41) is 12.4. The minimum Gasteiger partial charge on any atom is -0.507 e. The van der Waals surface area contributed by atoms with Crippen LogP contribution in [0.1, 0.15) is 16.2 Å². The smallest absolute Gasteiger partial charge is 0.341 e. The monoisotopic (exact) mass is 289 g/mol. The second-order valence-electron chi connectivity index (χ2n) is 4.37. The quantitative estimate of drug-likeness (QED) is 0.828. The van der Waals surface area contributed by atoms with Crippen molar-refractivity contribution in [3.8, 4) is 5.75 Å². The number of carbonyl (C=O) groups excluding carboxylic acids is 2. The molecule has 0 saturated carbocycles. The lowest BCUT2D eigenvalue weighted by Gasteiger charge is -2.09. The number of benzene rings is 1. The molecule has 1 heterocycles. The van der Waals surface area contributed by atoms with Gasteiger partial charge in [0.1, 0.15) is 23.7 Å². The van der Waals surface area contributed by atoms with E-state index in [9.17, 15) is 14.7 Å². The molecule has 1 aromatic carbocycles. The van der Waals surface area contributed by atoms with Crippen molar-refractivity contribution < 1.29 is 19.4 Å². The lowest BCUT2D eigenvalue weighted by atomic mass is 10.2. The third kappa shape index (κ3) is 3.38. The van der Waals surface area contributed by atoms with Gasteiger partial charge in [-0.25, -0.2) is 9.78 Å². The summed E-state index contributed by atoms with van der Waals surface area (Å²) in [5.41, 5.74) is 0.434. The van der Waals surface area contributed by atoms with Crippen molar-refractivity contribution in [3.63, 3.8) is 0 Å². The number of aromatic nitrogens is 2. The summed E-state index contributed by atoms with van der Waals surface area (Å²) in [6.45, 7) is 1.91. The number of carbonyl (C=O) groups is 2. The Kier molecular flexibility index (Phi) is 4.22. The van der Waals surface area contributed by atoms with Gasteiger partial charge in [-0.2, -0.15) is 0 Å². The van der Waals surface area contributed by atoms with Crippen LogP contribution in [0, 0.1) is 6.92 Å². The predicted octanol–water partition coefficient (Wildman–Crippen LogP) is 1.32. The van der Waals surface area contributed by atoms with E-state index in [2.05, 4.69) is 15.0 Å². The molecule has 0 spiro atoms. The summed E-state index contributed by atoms with van der Waals surface area (Å²) >= 11 is 0. The molecule has 0 bridgehead atoms. The van der Waals surface area contributed by atoms with Gasteiger partial charge in [-0.05, 0) is 19.1 Å². The zero-order chi connectivity index (χ0) is 15.4. The number of anilines is 1. The Bertz CT molecular complexity index is 679. The molecule has 0 saturated heterocycles. The molecule has 2 N–H and O–H groups in total. The van der Waals surface area contributed by atoms with E-state index in [4.69, 9.17) is 0 Å². The highest BCUT2D eigenvalue weighted by Crippen LogP contribution is 2.22. The Morgan fingerprint density at radius 3 is 2.76 bits per heavy atom. The zero-order valence-electron chi connectivity index (χ0n) is 11.7. The van der Waals surface area contributed by atoms with Gasteiger partial charge in [0, 0.05) is 24.1 Å². The van der Waals surface area contributed by atoms with E-state index in [1.807, 2.05) is 0 Å². The van der Waals surface area contributed by atoms with E-state index < -0.39 is 5.97 Å². The molecule has 110 valence electrons. The first-order valence-corrected chi connectivity index (χ1v) is 6.20. The number of rotatable bonds is 4. The number of ether oxygens (including phenoxy) is 1.